The minimum absolute atomic E-state index is 0.0134. The molecule has 0 radical (unpaired) electrons. The van der Waals surface area contributed by atoms with Gasteiger partial charge in [0.1, 0.15) is 0 Å². The first-order valence-electron chi connectivity index (χ1n) is 7.33. The molecule has 4 nitrogen and oxygen atoms in total. The predicted octanol–water partition coefficient (Wildman–Crippen LogP) is 3.74. The van der Waals surface area contributed by atoms with E-state index in [2.05, 4.69) is 5.32 Å². The fraction of sp³-hybridized carbons (Fsp3) is 0.533. The lowest BCUT2D eigenvalue weighted by molar-refractivity contribution is -0.116. The van der Waals surface area contributed by atoms with Gasteiger partial charge in [0.05, 0.1) is 4.90 Å². The Morgan fingerprint density at radius 2 is 2.00 bits per heavy atom. The Kier molecular flexibility index (Phi) is 6.65. The first kappa shape index (κ1) is 17.7. The van der Waals surface area contributed by atoms with Gasteiger partial charge in [-0.25, -0.2) is 8.42 Å². The molecular weight excluding hydrogens is 338 g/mol. The number of carbonyl (C=O) groups is 1. The van der Waals surface area contributed by atoms with E-state index in [1.165, 1.54) is 37.0 Å². The number of amides is 1. The van der Waals surface area contributed by atoms with Gasteiger partial charge in [0.15, 0.2) is 9.84 Å². The molecule has 0 aliphatic carbocycles. The van der Waals surface area contributed by atoms with E-state index >= 15 is 0 Å². The van der Waals surface area contributed by atoms with Crippen molar-refractivity contribution in [3.05, 3.63) is 24.3 Å². The quantitative estimate of drug-likeness (QED) is 0.593. The van der Waals surface area contributed by atoms with E-state index in [-0.39, 0.29) is 10.8 Å². The summed E-state index contributed by atoms with van der Waals surface area (Å²) >= 11 is 0. The number of sulfone groups is 1. The van der Waals surface area contributed by atoms with Crippen LogP contribution in [0.15, 0.2) is 29.2 Å². The number of nitrogens with one attached hydrogen (secondary N) is 1. The van der Waals surface area contributed by atoms with Gasteiger partial charge >= 0.3 is 0 Å². The van der Waals surface area contributed by atoms with Gasteiger partial charge in [0.2, 0.25) is 5.91 Å². The van der Waals surface area contributed by atoms with Crippen molar-refractivity contribution >= 4 is 43.0 Å². The van der Waals surface area contributed by atoms with Crippen LogP contribution in [0.5, 0.6) is 0 Å². The molecule has 7 heteroatoms. The molecule has 1 aliphatic rings. The van der Waals surface area contributed by atoms with Crippen molar-refractivity contribution in [1.29, 1.82) is 0 Å². The number of benzene rings is 1. The molecule has 1 atom stereocenters. The van der Waals surface area contributed by atoms with Gasteiger partial charge in [-0.3, -0.25) is 4.79 Å². The first-order valence-corrected chi connectivity index (χ1v) is 11.6. The second-order valence-corrected chi connectivity index (χ2v) is 10.2. The molecule has 2 rings (SSSR count). The van der Waals surface area contributed by atoms with Gasteiger partial charge in [0, 0.05) is 29.4 Å². The summed E-state index contributed by atoms with van der Waals surface area (Å²) in [5, 5.41) is 3.57. The molecule has 0 spiro atoms. The largest absolute Gasteiger partial charge is 0.326 e. The molecular formula is C15H21NO3S3. The van der Waals surface area contributed by atoms with Crippen LogP contribution < -0.4 is 5.32 Å². The zero-order chi connectivity index (χ0) is 16.0. The van der Waals surface area contributed by atoms with Gasteiger partial charge in [0.25, 0.3) is 0 Å². The fourth-order valence-corrected chi connectivity index (χ4v) is 5.89. The highest BCUT2D eigenvalue weighted by atomic mass is 33.1. The highest BCUT2D eigenvalue weighted by molar-refractivity contribution is 8.77. The molecule has 1 fully saturated rings. The van der Waals surface area contributed by atoms with Crippen LogP contribution in [-0.2, 0) is 14.6 Å². The molecule has 122 valence electrons. The van der Waals surface area contributed by atoms with Crippen LogP contribution in [0.2, 0.25) is 0 Å². The zero-order valence-electron chi connectivity index (χ0n) is 12.6. The van der Waals surface area contributed by atoms with Crippen molar-refractivity contribution in [2.45, 2.75) is 42.2 Å². The standard InChI is InChI=1S/C15H21NO3S3/c1-22(18,19)14-8-6-12(7-9-14)16-15(17)5-3-2-4-13-10-11-20-21-13/h6-9,13H,2-5,10-11H2,1H3,(H,16,17)/t13-/m1/s1. The minimum Gasteiger partial charge on any atom is -0.326 e. The molecule has 22 heavy (non-hydrogen) atoms. The Labute approximate surface area is 140 Å². The second-order valence-electron chi connectivity index (χ2n) is 5.42. The van der Waals surface area contributed by atoms with Gasteiger partial charge < -0.3 is 5.32 Å². The lowest BCUT2D eigenvalue weighted by atomic mass is 10.1. The monoisotopic (exact) mass is 359 g/mol. The number of anilines is 1. The van der Waals surface area contributed by atoms with E-state index in [1.54, 1.807) is 12.1 Å². The van der Waals surface area contributed by atoms with Crippen molar-refractivity contribution in [2.75, 3.05) is 17.3 Å². The van der Waals surface area contributed by atoms with E-state index < -0.39 is 9.84 Å². The molecule has 0 aromatic heterocycles. The number of unbranched alkanes of at least 4 members (excludes halogenated alkanes) is 1. The molecule has 1 heterocycles. The summed E-state index contributed by atoms with van der Waals surface area (Å²) in [5.41, 5.74) is 0.639. The molecule has 0 bridgehead atoms. The number of hydrogen-bond donors (Lipinski definition) is 1. The van der Waals surface area contributed by atoms with Crippen LogP contribution in [0.4, 0.5) is 5.69 Å². The molecule has 0 saturated carbocycles. The topological polar surface area (TPSA) is 63.2 Å². The number of rotatable bonds is 7. The smallest absolute Gasteiger partial charge is 0.224 e. The fourth-order valence-electron chi connectivity index (χ4n) is 2.23. The van der Waals surface area contributed by atoms with Crippen molar-refractivity contribution < 1.29 is 13.2 Å². The Bertz CT molecular complexity index is 593. The van der Waals surface area contributed by atoms with Crippen LogP contribution in [0.1, 0.15) is 32.1 Å². The van der Waals surface area contributed by atoms with Crippen LogP contribution in [0.3, 0.4) is 0 Å². The molecule has 1 amide bonds. The maximum Gasteiger partial charge on any atom is 0.224 e. The predicted molar refractivity (Wildman–Crippen MR) is 95.1 cm³/mol. The van der Waals surface area contributed by atoms with Crippen molar-refractivity contribution in [3.63, 3.8) is 0 Å². The summed E-state index contributed by atoms with van der Waals surface area (Å²) in [7, 11) is 0.730. The second kappa shape index (κ2) is 8.26. The van der Waals surface area contributed by atoms with Crippen molar-refractivity contribution in [3.8, 4) is 0 Å². The molecule has 1 aromatic carbocycles. The lowest BCUT2D eigenvalue weighted by Crippen LogP contribution is -2.11. The maximum absolute atomic E-state index is 11.9. The van der Waals surface area contributed by atoms with Gasteiger partial charge in [-0.2, -0.15) is 0 Å². The molecule has 0 unspecified atom stereocenters. The Morgan fingerprint density at radius 1 is 1.27 bits per heavy atom. The zero-order valence-corrected chi connectivity index (χ0v) is 15.0. The van der Waals surface area contributed by atoms with Crippen LogP contribution in [-0.4, -0.2) is 31.6 Å². The summed E-state index contributed by atoms with van der Waals surface area (Å²) in [5.74, 6) is 1.24. The average molecular weight is 360 g/mol. The van der Waals surface area contributed by atoms with Gasteiger partial charge in [-0.05, 0) is 43.5 Å². The lowest BCUT2D eigenvalue weighted by Gasteiger charge is -2.08. The van der Waals surface area contributed by atoms with Crippen LogP contribution >= 0.6 is 21.6 Å². The number of carbonyl (C=O) groups excluding carboxylic acids is 1. The van der Waals surface area contributed by atoms with Crippen LogP contribution in [0.25, 0.3) is 0 Å². The van der Waals surface area contributed by atoms with Crippen LogP contribution in [0, 0.1) is 0 Å². The SMILES string of the molecule is CS(=O)(=O)c1ccc(NC(=O)CCCC[C@@H]2CCSS2)cc1. The summed E-state index contributed by atoms with van der Waals surface area (Å²) in [6.45, 7) is 0. The first-order chi connectivity index (χ1) is 10.4. The average Bonchev–Trinajstić information content (AvgIpc) is 2.96. The molecule has 1 N–H and O–H groups in total. The van der Waals surface area contributed by atoms with E-state index in [4.69, 9.17) is 0 Å². The third-order valence-electron chi connectivity index (χ3n) is 3.47. The third kappa shape index (κ3) is 5.85. The summed E-state index contributed by atoms with van der Waals surface area (Å²) in [4.78, 5) is 12.1. The van der Waals surface area contributed by atoms with E-state index in [0.29, 0.717) is 12.1 Å². The maximum atomic E-state index is 11.9. The summed E-state index contributed by atoms with van der Waals surface area (Å²) < 4.78 is 22.7. The molecule has 1 aliphatic heterocycles. The Hall–Kier alpha value is -0.660. The minimum atomic E-state index is -3.19. The van der Waals surface area contributed by atoms with E-state index in [1.807, 2.05) is 21.6 Å². The Balaban J connectivity index is 1.70. The third-order valence-corrected chi connectivity index (χ3v) is 7.61. The molecule has 1 aromatic rings. The van der Waals surface area contributed by atoms with Crippen molar-refractivity contribution in [2.24, 2.45) is 0 Å². The summed E-state index contributed by atoms with van der Waals surface area (Å²) in [6, 6.07) is 6.28. The van der Waals surface area contributed by atoms with E-state index in [9.17, 15) is 13.2 Å². The highest BCUT2D eigenvalue weighted by Gasteiger charge is 2.15. The van der Waals surface area contributed by atoms with E-state index in [0.717, 1.165) is 18.1 Å². The Morgan fingerprint density at radius 3 is 2.59 bits per heavy atom. The van der Waals surface area contributed by atoms with Gasteiger partial charge in [-0.1, -0.05) is 28.0 Å². The van der Waals surface area contributed by atoms with Crippen molar-refractivity contribution in [1.82, 2.24) is 0 Å². The normalized spacial score (nSPS) is 18.3. The summed E-state index contributed by atoms with van der Waals surface area (Å²) in [6.07, 6.45) is 6.13. The number of hydrogen-bond acceptors (Lipinski definition) is 5. The van der Waals surface area contributed by atoms with Gasteiger partial charge in [-0.15, -0.1) is 0 Å². The molecule has 1 saturated heterocycles. The highest BCUT2D eigenvalue weighted by Crippen LogP contribution is 2.39.